The zero-order chi connectivity index (χ0) is 12.3. The maximum atomic E-state index is 11.6. The Balaban J connectivity index is 4.59. The lowest BCUT2D eigenvalue weighted by Crippen LogP contribution is -2.47. The normalized spacial score (nSPS) is 15.7. The highest BCUT2D eigenvalue weighted by molar-refractivity contribution is 7.89. The van der Waals surface area contributed by atoms with Crippen molar-refractivity contribution in [2.24, 2.45) is 5.41 Å². The van der Waals surface area contributed by atoms with Gasteiger partial charge < -0.3 is 5.32 Å². The number of likely N-dealkylation sites (N-methyl/N-ethyl adjacent to an activating group) is 2. The molecule has 0 aliphatic carbocycles. The van der Waals surface area contributed by atoms with Crippen LogP contribution in [0.3, 0.4) is 0 Å². The van der Waals surface area contributed by atoms with Gasteiger partial charge in [0.1, 0.15) is 0 Å². The second-order valence-corrected chi connectivity index (χ2v) is 7.25. The van der Waals surface area contributed by atoms with Gasteiger partial charge in [0.2, 0.25) is 10.0 Å². The maximum Gasteiger partial charge on any atom is 0.213 e. The average molecular weight is 236 g/mol. The molecule has 92 valence electrons. The first-order valence-electron chi connectivity index (χ1n) is 5.26. The van der Waals surface area contributed by atoms with Crippen LogP contribution in [0.4, 0.5) is 0 Å². The molecule has 0 aromatic rings. The van der Waals surface area contributed by atoms with E-state index in [0.29, 0.717) is 6.54 Å². The van der Waals surface area contributed by atoms with Crippen molar-refractivity contribution in [3.8, 4) is 0 Å². The topological polar surface area (TPSA) is 49.4 Å². The first-order chi connectivity index (χ1) is 6.65. The molecule has 1 atom stereocenters. The quantitative estimate of drug-likeness (QED) is 0.771. The Morgan fingerprint density at radius 1 is 1.33 bits per heavy atom. The first-order valence-corrected chi connectivity index (χ1v) is 6.87. The van der Waals surface area contributed by atoms with E-state index < -0.39 is 10.0 Å². The molecule has 4 nitrogen and oxygen atoms in total. The Morgan fingerprint density at radius 2 is 1.80 bits per heavy atom. The zero-order valence-corrected chi connectivity index (χ0v) is 11.5. The molecule has 0 saturated carbocycles. The third-order valence-electron chi connectivity index (χ3n) is 2.67. The SMILES string of the molecule is CCS(=O)(=O)N(C)CC(NC)C(C)(C)C. The highest BCUT2D eigenvalue weighted by Gasteiger charge is 2.27. The van der Waals surface area contributed by atoms with E-state index in [4.69, 9.17) is 0 Å². The molecule has 0 fully saturated rings. The number of rotatable bonds is 5. The summed E-state index contributed by atoms with van der Waals surface area (Å²) >= 11 is 0. The lowest BCUT2D eigenvalue weighted by atomic mass is 9.87. The molecule has 0 radical (unpaired) electrons. The molecule has 15 heavy (non-hydrogen) atoms. The molecule has 0 bridgehead atoms. The van der Waals surface area contributed by atoms with Gasteiger partial charge in [-0.3, -0.25) is 0 Å². The summed E-state index contributed by atoms with van der Waals surface area (Å²) in [5.74, 6) is 0.157. The minimum Gasteiger partial charge on any atom is -0.315 e. The van der Waals surface area contributed by atoms with Crippen molar-refractivity contribution in [1.29, 1.82) is 0 Å². The van der Waals surface area contributed by atoms with Crippen LogP contribution in [0.1, 0.15) is 27.7 Å². The molecule has 0 aromatic carbocycles. The molecule has 0 spiro atoms. The van der Waals surface area contributed by atoms with Gasteiger partial charge in [-0.25, -0.2) is 12.7 Å². The van der Waals surface area contributed by atoms with Crippen LogP contribution in [0.25, 0.3) is 0 Å². The van der Waals surface area contributed by atoms with E-state index in [1.165, 1.54) is 4.31 Å². The van der Waals surface area contributed by atoms with E-state index >= 15 is 0 Å². The fourth-order valence-corrected chi connectivity index (χ4v) is 2.21. The number of hydrogen-bond acceptors (Lipinski definition) is 3. The standard InChI is InChI=1S/C10H24N2O2S/c1-7-15(13,14)12(6)8-9(11-5)10(2,3)4/h9,11H,7-8H2,1-6H3. The predicted octanol–water partition coefficient (Wildman–Crippen LogP) is 0.902. The van der Waals surface area contributed by atoms with Gasteiger partial charge in [-0.2, -0.15) is 0 Å². The summed E-state index contributed by atoms with van der Waals surface area (Å²) in [7, 11) is 0.427. The minimum absolute atomic E-state index is 0.0479. The van der Waals surface area contributed by atoms with Crippen molar-refractivity contribution in [3.63, 3.8) is 0 Å². The van der Waals surface area contributed by atoms with Crippen molar-refractivity contribution in [2.75, 3.05) is 26.4 Å². The van der Waals surface area contributed by atoms with Crippen LogP contribution in [0.5, 0.6) is 0 Å². The summed E-state index contributed by atoms with van der Waals surface area (Å²) in [4.78, 5) is 0. The van der Waals surface area contributed by atoms with Gasteiger partial charge in [0.25, 0.3) is 0 Å². The van der Waals surface area contributed by atoms with Crippen LogP contribution in [-0.2, 0) is 10.0 Å². The maximum absolute atomic E-state index is 11.6. The third-order valence-corrected chi connectivity index (χ3v) is 4.50. The molecule has 0 amide bonds. The Kier molecular flexibility index (Phi) is 5.23. The second-order valence-electron chi connectivity index (χ2n) is 4.89. The lowest BCUT2D eigenvalue weighted by molar-refractivity contribution is 0.246. The second kappa shape index (κ2) is 5.27. The largest absolute Gasteiger partial charge is 0.315 e. The summed E-state index contributed by atoms with van der Waals surface area (Å²) in [6.07, 6.45) is 0. The van der Waals surface area contributed by atoms with Gasteiger partial charge >= 0.3 is 0 Å². The molecule has 0 saturated heterocycles. The minimum atomic E-state index is -3.07. The van der Waals surface area contributed by atoms with Crippen LogP contribution < -0.4 is 5.32 Å². The molecule has 0 heterocycles. The molecule has 5 heteroatoms. The van der Waals surface area contributed by atoms with E-state index in [2.05, 4.69) is 26.1 Å². The van der Waals surface area contributed by atoms with E-state index in [-0.39, 0.29) is 17.2 Å². The van der Waals surface area contributed by atoms with Crippen molar-refractivity contribution in [1.82, 2.24) is 9.62 Å². The number of nitrogens with zero attached hydrogens (tertiary/aromatic N) is 1. The first kappa shape index (κ1) is 14.9. The number of hydrogen-bond donors (Lipinski definition) is 1. The monoisotopic (exact) mass is 236 g/mol. The van der Waals surface area contributed by atoms with Gasteiger partial charge in [-0.05, 0) is 19.4 Å². The van der Waals surface area contributed by atoms with Crippen LogP contribution in [-0.4, -0.2) is 45.2 Å². The van der Waals surface area contributed by atoms with Crippen molar-refractivity contribution >= 4 is 10.0 Å². The van der Waals surface area contributed by atoms with Gasteiger partial charge in [-0.1, -0.05) is 20.8 Å². The number of sulfonamides is 1. The van der Waals surface area contributed by atoms with Gasteiger partial charge in [0.05, 0.1) is 5.75 Å². The zero-order valence-electron chi connectivity index (χ0n) is 10.7. The molecule has 0 aliphatic rings. The summed E-state index contributed by atoms with van der Waals surface area (Å²) < 4.78 is 24.6. The Morgan fingerprint density at radius 3 is 2.07 bits per heavy atom. The molecule has 1 unspecified atom stereocenters. The lowest BCUT2D eigenvalue weighted by Gasteiger charge is -2.33. The fraction of sp³-hybridized carbons (Fsp3) is 1.00. The predicted molar refractivity (Wildman–Crippen MR) is 64.4 cm³/mol. The van der Waals surface area contributed by atoms with Crippen molar-refractivity contribution < 1.29 is 8.42 Å². The molecule has 0 rings (SSSR count). The molecule has 0 aromatic heterocycles. The summed E-state index contributed by atoms with van der Waals surface area (Å²) in [6, 6.07) is 0.156. The molecule has 0 aliphatic heterocycles. The molecule has 1 N–H and O–H groups in total. The molecular formula is C10H24N2O2S. The smallest absolute Gasteiger partial charge is 0.213 e. The Hall–Kier alpha value is -0.130. The van der Waals surface area contributed by atoms with E-state index in [1.54, 1.807) is 14.0 Å². The van der Waals surface area contributed by atoms with Gasteiger partial charge in [0, 0.05) is 19.6 Å². The van der Waals surface area contributed by atoms with E-state index in [9.17, 15) is 8.42 Å². The highest BCUT2D eigenvalue weighted by atomic mass is 32.2. The average Bonchev–Trinajstić information content (AvgIpc) is 2.11. The molecular weight excluding hydrogens is 212 g/mol. The van der Waals surface area contributed by atoms with E-state index in [0.717, 1.165) is 0 Å². The van der Waals surface area contributed by atoms with Crippen molar-refractivity contribution in [3.05, 3.63) is 0 Å². The summed E-state index contributed by atoms with van der Waals surface area (Å²) in [5, 5.41) is 3.16. The summed E-state index contributed by atoms with van der Waals surface area (Å²) in [6.45, 7) is 8.47. The Labute approximate surface area is 94.1 Å². The summed E-state index contributed by atoms with van der Waals surface area (Å²) in [5.41, 5.74) is 0.0479. The van der Waals surface area contributed by atoms with Gasteiger partial charge in [0.15, 0.2) is 0 Å². The van der Waals surface area contributed by atoms with Crippen LogP contribution in [0.2, 0.25) is 0 Å². The van der Waals surface area contributed by atoms with Crippen LogP contribution >= 0.6 is 0 Å². The van der Waals surface area contributed by atoms with Crippen LogP contribution in [0, 0.1) is 5.41 Å². The highest BCUT2D eigenvalue weighted by Crippen LogP contribution is 2.20. The van der Waals surface area contributed by atoms with E-state index in [1.807, 2.05) is 7.05 Å². The van der Waals surface area contributed by atoms with Crippen LogP contribution in [0.15, 0.2) is 0 Å². The van der Waals surface area contributed by atoms with Gasteiger partial charge in [-0.15, -0.1) is 0 Å². The Bertz CT molecular complexity index is 280. The third kappa shape index (κ3) is 4.49. The fourth-order valence-electron chi connectivity index (χ4n) is 1.39. The van der Waals surface area contributed by atoms with Crippen molar-refractivity contribution in [2.45, 2.75) is 33.7 Å². The number of nitrogens with one attached hydrogen (secondary N) is 1.